The number of hydrogen-bond donors (Lipinski definition) is 1. The van der Waals surface area contributed by atoms with Gasteiger partial charge in [0.1, 0.15) is 11.5 Å². The van der Waals surface area contributed by atoms with E-state index in [0.717, 1.165) is 11.3 Å². The van der Waals surface area contributed by atoms with Crippen molar-refractivity contribution >= 4 is 63.1 Å². The lowest BCUT2D eigenvalue weighted by Gasteiger charge is -2.22. The van der Waals surface area contributed by atoms with Crippen molar-refractivity contribution < 1.29 is 24.2 Å². The summed E-state index contributed by atoms with van der Waals surface area (Å²) in [4.78, 5) is 40.4. The summed E-state index contributed by atoms with van der Waals surface area (Å²) in [5, 5.41) is 20.2. The lowest BCUT2D eigenvalue weighted by atomic mass is 9.95. The first-order valence-electron chi connectivity index (χ1n) is 11.6. The summed E-state index contributed by atoms with van der Waals surface area (Å²) in [5.41, 5.74) is 1.40. The van der Waals surface area contributed by atoms with Gasteiger partial charge in [0, 0.05) is 16.1 Å². The average molecular weight is 578 g/mol. The van der Waals surface area contributed by atoms with E-state index in [1.807, 2.05) is 6.07 Å². The summed E-state index contributed by atoms with van der Waals surface area (Å²) < 4.78 is 5.63. The molecule has 1 saturated heterocycles. The van der Waals surface area contributed by atoms with Gasteiger partial charge in [-0.05, 0) is 42.0 Å². The van der Waals surface area contributed by atoms with Crippen LogP contribution >= 0.6 is 34.7 Å². The van der Waals surface area contributed by atoms with Crippen LogP contribution < -0.4 is 9.64 Å². The molecule has 0 aliphatic carbocycles. The molecule has 1 N–H and O–H groups in total. The lowest BCUT2D eigenvalue weighted by Crippen LogP contribution is -2.29. The topological polar surface area (TPSA) is 110 Å². The highest BCUT2D eigenvalue weighted by Crippen LogP contribution is 2.44. The van der Waals surface area contributed by atoms with Crippen molar-refractivity contribution in [3.8, 4) is 5.75 Å². The van der Waals surface area contributed by atoms with Gasteiger partial charge < -0.3 is 9.84 Å². The Morgan fingerprint density at radius 1 is 1.00 bits per heavy atom. The molecule has 2 heterocycles. The second-order valence-corrected chi connectivity index (χ2v) is 11.0. The Kier molecular flexibility index (Phi) is 7.78. The van der Waals surface area contributed by atoms with Crippen LogP contribution in [-0.4, -0.2) is 45.6 Å². The number of aliphatic hydroxyl groups excluding tert-OH is 1. The normalized spacial score (nSPS) is 16.5. The fraction of sp³-hybridized carbons (Fsp3) is 0.107. The number of rotatable bonds is 8. The average Bonchev–Trinajstić information content (AvgIpc) is 3.54. The second kappa shape index (κ2) is 11.4. The van der Waals surface area contributed by atoms with E-state index in [-0.39, 0.29) is 28.0 Å². The maximum atomic E-state index is 13.3. The Morgan fingerprint density at radius 2 is 1.69 bits per heavy atom. The van der Waals surface area contributed by atoms with Crippen molar-refractivity contribution in [2.45, 2.75) is 10.4 Å². The van der Waals surface area contributed by atoms with Crippen molar-refractivity contribution in [1.29, 1.82) is 0 Å². The van der Waals surface area contributed by atoms with Crippen LogP contribution in [0, 0.1) is 0 Å². The second-order valence-electron chi connectivity index (χ2n) is 8.38. The highest BCUT2D eigenvalue weighted by Gasteiger charge is 2.48. The number of methoxy groups -OCH3 is 1. The Labute approximate surface area is 236 Å². The first kappa shape index (κ1) is 26.6. The largest absolute Gasteiger partial charge is 0.507 e. The number of Topliss-reactive ketones (excluding diaryl/α,β-unsaturated/α-hetero) is 2. The molecule has 1 unspecified atom stereocenters. The monoisotopic (exact) mass is 577 g/mol. The highest BCUT2D eigenvalue weighted by atomic mass is 35.5. The molecule has 3 aromatic carbocycles. The molecule has 1 aliphatic rings. The number of thioether (sulfide) groups is 1. The number of amides is 1. The molecule has 1 fully saturated rings. The molecule has 1 amide bonds. The van der Waals surface area contributed by atoms with Gasteiger partial charge in [0.2, 0.25) is 5.13 Å². The first-order chi connectivity index (χ1) is 18.9. The lowest BCUT2D eigenvalue weighted by molar-refractivity contribution is -0.132. The molecule has 8 nitrogen and oxygen atoms in total. The first-order valence-corrected chi connectivity index (χ1v) is 13.8. The van der Waals surface area contributed by atoms with Gasteiger partial charge in [-0.2, -0.15) is 0 Å². The molecule has 0 bridgehead atoms. The molecule has 1 aromatic heterocycles. The van der Waals surface area contributed by atoms with Crippen LogP contribution in [0.15, 0.2) is 88.8 Å². The van der Waals surface area contributed by atoms with E-state index in [9.17, 15) is 19.5 Å². The van der Waals surface area contributed by atoms with Gasteiger partial charge in [-0.3, -0.25) is 19.3 Å². The zero-order valence-electron chi connectivity index (χ0n) is 20.4. The summed E-state index contributed by atoms with van der Waals surface area (Å²) in [5.74, 6) is -1.39. The number of aromatic nitrogens is 2. The SMILES string of the molecule is COc1ccc(/C(O)=C2/C(=O)C(=O)N(c3nnc(SCC(=O)c4ccccc4)s3)C2c2ccc(Cl)cc2)cc1. The smallest absolute Gasteiger partial charge is 0.301 e. The van der Waals surface area contributed by atoms with E-state index < -0.39 is 17.7 Å². The van der Waals surface area contributed by atoms with Gasteiger partial charge in [-0.15, -0.1) is 10.2 Å². The van der Waals surface area contributed by atoms with E-state index in [4.69, 9.17) is 16.3 Å². The molecule has 1 atom stereocenters. The fourth-order valence-electron chi connectivity index (χ4n) is 4.09. The summed E-state index contributed by atoms with van der Waals surface area (Å²) in [7, 11) is 1.52. The number of aliphatic hydroxyl groups is 1. The number of halogens is 1. The van der Waals surface area contributed by atoms with E-state index in [1.54, 1.807) is 72.8 Å². The van der Waals surface area contributed by atoms with Crippen LogP contribution in [0.5, 0.6) is 5.75 Å². The summed E-state index contributed by atoms with van der Waals surface area (Å²) in [6.45, 7) is 0. The molecule has 4 aromatic rings. The van der Waals surface area contributed by atoms with E-state index in [0.29, 0.717) is 31.8 Å². The van der Waals surface area contributed by atoms with Gasteiger partial charge >= 0.3 is 5.91 Å². The molecule has 1 aliphatic heterocycles. The minimum atomic E-state index is -0.971. The molecule has 5 rings (SSSR count). The number of benzene rings is 3. The summed E-state index contributed by atoms with van der Waals surface area (Å²) in [6.07, 6.45) is 0. The molecule has 196 valence electrons. The van der Waals surface area contributed by atoms with Gasteiger partial charge in [0.05, 0.1) is 24.5 Å². The van der Waals surface area contributed by atoms with E-state index >= 15 is 0 Å². The fourth-order valence-corrected chi connectivity index (χ4v) is 5.98. The molecule has 0 saturated carbocycles. The van der Waals surface area contributed by atoms with Crippen molar-refractivity contribution in [2.75, 3.05) is 17.8 Å². The van der Waals surface area contributed by atoms with Crippen LogP contribution in [0.4, 0.5) is 5.13 Å². The Bertz CT molecular complexity index is 1570. The zero-order chi connectivity index (χ0) is 27.5. The van der Waals surface area contributed by atoms with Crippen LogP contribution in [-0.2, 0) is 9.59 Å². The van der Waals surface area contributed by atoms with Gasteiger partial charge in [0.15, 0.2) is 10.1 Å². The molecule has 0 radical (unpaired) electrons. The summed E-state index contributed by atoms with van der Waals surface area (Å²) >= 11 is 8.37. The molecule has 11 heteroatoms. The van der Waals surface area contributed by atoms with Crippen LogP contribution in [0.2, 0.25) is 5.02 Å². The molecular formula is C28H20ClN3O5S2. The third kappa shape index (κ3) is 5.44. The van der Waals surface area contributed by atoms with Crippen LogP contribution in [0.3, 0.4) is 0 Å². The number of anilines is 1. The highest BCUT2D eigenvalue weighted by molar-refractivity contribution is 8.01. The van der Waals surface area contributed by atoms with E-state index in [1.165, 1.54) is 23.8 Å². The number of nitrogens with zero attached hydrogens (tertiary/aromatic N) is 3. The number of carbonyl (C=O) groups excluding carboxylic acids is 3. The maximum absolute atomic E-state index is 13.3. The van der Waals surface area contributed by atoms with Crippen molar-refractivity contribution in [2.24, 2.45) is 0 Å². The van der Waals surface area contributed by atoms with Crippen molar-refractivity contribution in [1.82, 2.24) is 10.2 Å². The number of ether oxygens (including phenoxy) is 1. The number of ketones is 2. The minimum Gasteiger partial charge on any atom is -0.507 e. The third-order valence-electron chi connectivity index (χ3n) is 6.02. The Morgan fingerprint density at radius 3 is 2.36 bits per heavy atom. The molecule has 0 spiro atoms. The molecular weight excluding hydrogens is 558 g/mol. The van der Waals surface area contributed by atoms with Gasteiger partial charge in [-0.25, -0.2) is 0 Å². The van der Waals surface area contributed by atoms with E-state index in [2.05, 4.69) is 10.2 Å². The standard InChI is InChI=1S/C28H20ClN3O5S2/c1-37-20-13-9-18(10-14-20)24(34)22-23(17-7-11-19(29)12-8-17)32(26(36)25(22)35)27-30-31-28(39-27)38-15-21(33)16-5-3-2-4-6-16/h2-14,23,34H,15H2,1H3/b24-22-. The van der Waals surface area contributed by atoms with Gasteiger partial charge in [0.25, 0.3) is 5.78 Å². The van der Waals surface area contributed by atoms with Crippen molar-refractivity contribution in [3.63, 3.8) is 0 Å². The van der Waals surface area contributed by atoms with Gasteiger partial charge in [-0.1, -0.05) is 77.2 Å². The van der Waals surface area contributed by atoms with Crippen molar-refractivity contribution in [3.05, 3.63) is 106 Å². The minimum absolute atomic E-state index is 0.0709. The third-order valence-corrected chi connectivity index (χ3v) is 8.33. The summed E-state index contributed by atoms with van der Waals surface area (Å²) in [6, 6.07) is 21.1. The maximum Gasteiger partial charge on any atom is 0.301 e. The van der Waals surface area contributed by atoms with Crippen LogP contribution in [0.25, 0.3) is 5.76 Å². The Hall–Kier alpha value is -3.99. The number of hydrogen-bond acceptors (Lipinski definition) is 9. The predicted molar refractivity (Wildman–Crippen MR) is 151 cm³/mol. The predicted octanol–water partition coefficient (Wildman–Crippen LogP) is 5.80. The quantitative estimate of drug-likeness (QED) is 0.0698. The number of carbonyl (C=O) groups is 3. The van der Waals surface area contributed by atoms with Crippen LogP contribution in [0.1, 0.15) is 27.5 Å². The Balaban J connectivity index is 1.50. The molecule has 39 heavy (non-hydrogen) atoms. The zero-order valence-corrected chi connectivity index (χ0v) is 22.8.